The van der Waals surface area contributed by atoms with Gasteiger partial charge in [0.1, 0.15) is 17.0 Å². The molecule has 6 heteroatoms. The number of thiophene rings is 1. The summed E-state index contributed by atoms with van der Waals surface area (Å²) >= 11 is 1.46. The van der Waals surface area contributed by atoms with Crippen molar-refractivity contribution in [2.24, 2.45) is 5.73 Å². The third-order valence-electron chi connectivity index (χ3n) is 3.67. The van der Waals surface area contributed by atoms with Crippen LogP contribution in [0.2, 0.25) is 0 Å². The predicted octanol–water partition coefficient (Wildman–Crippen LogP) is 1.59. The van der Waals surface area contributed by atoms with Gasteiger partial charge in [-0.25, -0.2) is 0 Å². The molecule has 2 N–H and O–H groups in total. The van der Waals surface area contributed by atoms with Gasteiger partial charge < -0.3 is 10.6 Å². The average Bonchev–Trinajstić information content (AvgIpc) is 2.90. The monoisotopic (exact) mass is 291 g/mol. The number of likely N-dealkylation sites (tertiary alicyclic amines) is 1. The van der Waals surface area contributed by atoms with Gasteiger partial charge in [0.05, 0.1) is 0 Å². The molecule has 0 radical (unpaired) electrons. The van der Waals surface area contributed by atoms with Crippen LogP contribution in [0.1, 0.15) is 41.9 Å². The predicted molar refractivity (Wildman–Crippen MR) is 76.0 cm³/mol. The van der Waals surface area contributed by atoms with Gasteiger partial charge in [0, 0.05) is 23.8 Å². The third kappa shape index (κ3) is 2.83. The minimum atomic E-state index is -0.527. The second-order valence-electron chi connectivity index (χ2n) is 4.92. The largest absolute Gasteiger partial charge is 0.368 e. The first-order valence-electron chi connectivity index (χ1n) is 6.65. The Kier molecular flexibility index (Phi) is 4.40. The Morgan fingerprint density at radius 1 is 1.65 bits per heavy atom. The maximum Gasteiger partial charge on any atom is 0.240 e. The Balaban J connectivity index is 2.17. The topological polar surface area (TPSA) is 87.2 Å². The molecule has 2 unspecified atom stereocenters. The highest BCUT2D eigenvalue weighted by Crippen LogP contribution is 2.33. The van der Waals surface area contributed by atoms with Crippen LogP contribution in [0.5, 0.6) is 0 Å². The number of primary amides is 1. The molecule has 0 saturated carbocycles. The summed E-state index contributed by atoms with van der Waals surface area (Å²) in [6.45, 7) is 2.36. The van der Waals surface area contributed by atoms with Gasteiger partial charge in [-0.3, -0.25) is 9.59 Å². The lowest BCUT2D eigenvalue weighted by Gasteiger charge is -2.36. The van der Waals surface area contributed by atoms with E-state index in [4.69, 9.17) is 11.0 Å². The number of piperidine rings is 1. The third-order valence-corrected chi connectivity index (χ3v) is 4.83. The number of carbonyl (C=O) groups is 2. The molecule has 2 atom stereocenters. The number of amides is 2. The Morgan fingerprint density at radius 3 is 2.95 bits per heavy atom. The maximum atomic E-state index is 12.0. The molecule has 1 aliphatic rings. The fourth-order valence-corrected chi connectivity index (χ4v) is 3.54. The molecule has 0 bridgehead atoms. The molecular weight excluding hydrogens is 274 g/mol. The lowest BCUT2D eigenvalue weighted by atomic mass is 9.94. The van der Waals surface area contributed by atoms with E-state index in [1.807, 2.05) is 13.0 Å². The number of carbonyl (C=O) groups excluding carboxylic acids is 2. The summed E-state index contributed by atoms with van der Waals surface area (Å²) in [7, 11) is 0. The second-order valence-corrected chi connectivity index (χ2v) is 6.04. The molecule has 2 rings (SSSR count). The molecule has 1 aromatic heterocycles. The molecule has 1 aliphatic heterocycles. The van der Waals surface area contributed by atoms with E-state index in [2.05, 4.69) is 6.07 Å². The van der Waals surface area contributed by atoms with Crippen molar-refractivity contribution in [2.75, 3.05) is 6.54 Å². The van der Waals surface area contributed by atoms with E-state index < -0.39 is 11.9 Å². The van der Waals surface area contributed by atoms with E-state index in [0.29, 0.717) is 24.3 Å². The number of nitriles is 1. The second kappa shape index (κ2) is 6.06. The number of hydrogen-bond donors (Lipinski definition) is 1. The fraction of sp³-hybridized carbons (Fsp3) is 0.500. The van der Waals surface area contributed by atoms with E-state index in [0.717, 1.165) is 11.3 Å². The van der Waals surface area contributed by atoms with Gasteiger partial charge in [0.25, 0.3) is 0 Å². The summed E-state index contributed by atoms with van der Waals surface area (Å²) in [6, 6.07) is 5.33. The van der Waals surface area contributed by atoms with Crippen LogP contribution >= 0.6 is 11.3 Å². The normalized spacial score (nSPS) is 20.5. The van der Waals surface area contributed by atoms with Crippen molar-refractivity contribution in [1.82, 2.24) is 4.90 Å². The number of nitrogens with zero attached hydrogens (tertiary/aromatic N) is 2. The van der Waals surface area contributed by atoms with E-state index in [-0.39, 0.29) is 11.8 Å². The van der Waals surface area contributed by atoms with Gasteiger partial charge in [0.2, 0.25) is 11.8 Å². The molecule has 2 heterocycles. The first-order chi connectivity index (χ1) is 9.56. The van der Waals surface area contributed by atoms with Crippen LogP contribution in [0, 0.1) is 11.3 Å². The van der Waals surface area contributed by atoms with E-state index >= 15 is 0 Å². The number of rotatable bonds is 4. The molecule has 20 heavy (non-hydrogen) atoms. The molecule has 1 fully saturated rings. The van der Waals surface area contributed by atoms with Crippen molar-refractivity contribution < 1.29 is 9.59 Å². The zero-order valence-electron chi connectivity index (χ0n) is 11.3. The lowest BCUT2D eigenvalue weighted by Crippen LogP contribution is -2.51. The Labute approximate surface area is 122 Å². The molecule has 1 aromatic rings. The van der Waals surface area contributed by atoms with Crippen molar-refractivity contribution in [3.63, 3.8) is 0 Å². The van der Waals surface area contributed by atoms with Crippen molar-refractivity contribution in [2.45, 2.75) is 38.1 Å². The van der Waals surface area contributed by atoms with E-state index in [1.54, 1.807) is 11.0 Å². The van der Waals surface area contributed by atoms with Gasteiger partial charge in [0.15, 0.2) is 0 Å². The molecule has 0 spiro atoms. The molecule has 5 nitrogen and oxygen atoms in total. The molecular formula is C14H17N3O2S. The number of nitrogens with two attached hydrogens (primary N) is 1. The first kappa shape index (κ1) is 14.5. The van der Waals surface area contributed by atoms with Crippen LogP contribution in [-0.2, 0) is 9.59 Å². The van der Waals surface area contributed by atoms with Gasteiger partial charge in [-0.15, -0.1) is 11.3 Å². The summed E-state index contributed by atoms with van der Waals surface area (Å²) in [5.74, 6) is -0.275. The van der Waals surface area contributed by atoms with E-state index in [9.17, 15) is 9.59 Å². The van der Waals surface area contributed by atoms with Crippen LogP contribution in [-0.4, -0.2) is 29.3 Å². The van der Waals surface area contributed by atoms with Crippen LogP contribution < -0.4 is 5.73 Å². The Bertz CT molecular complexity index is 561. The van der Waals surface area contributed by atoms with Crippen LogP contribution in [0.4, 0.5) is 0 Å². The smallest absolute Gasteiger partial charge is 0.240 e. The Hall–Kier alpha value is -1.87. The summed E-state index contributed by atoms with van der Waals surface area (Å²) in [6.07, 6.45) is 1.71. The average molecular weight is 291 g/mol. The fourth-order valence-electron chi connectivity index (χ4n) is 2.61. The zero-order valence-corrected chi connectivity index (χ0v) is 12.2. The maximum absolute atomic E-state index is 12.0. The molecule has 1 saturated heterocycles. The molecule has 2 amide bonds. The minimum absolute atomic E-state index is 0.0102. The molecule has 106 valence electrons. The summed E-state index contributed by atoms with van der Waals surface area (Å²) in [4.78, 5) is 26.8. The van der Waals surface area contributed by atoms with Gasteiger partial charge >= 0.3 is 0 Å². The minimum Gasteiger partial charge on any atom is -0.368 e. The highest BCUT2D eigenvalue weighted by Gasteiger charge is 2.33. The number of hydrogen-bond acceptors (Lipinski definition) is 4. The summed E-state index contributed by atoms with van der Waals surface area (Å²) < 4.78 is 0. The first-order valence-corrected chi connectivity index (χ1v) is 7.47. The quantitative estimate of drug-likeness (QED) is 0.913. The molecule has 0 aliphatic carbocycles. The van der Waals surface area contributed by atoms with Gasteiger partial charge in [-0.2, -0.15) is 5.26 Å². The van der Waals surface area contributed by atoms with E-state index in [1.165, 1.54) is 11.3 Å². The standard InChI is InChI=1S/C14H17N3O2S/c1-2-11(14(16)19)17-8-9(3-6-13(17)18)12-5-4-10(7-15)20-12/h4-5,9,11H,2-3,6,8H2,1H3,(H2,16,19). The zero-order chi connectivity index (χ0) is 14.7. The SMILES string of the molecule is CCC(C(N)=O)N1CC(c2ccc(C#N)s2)CCC1=O. The highest BCUT2D eigenvalue weighted by atomic mass is 32.1. The van der Waals surface area contributed by atoms with Crippen LogP contribution in [0.3, 0.4) is 0 Å². The lowest BCUT2D eigenvalue weighted by molar-refractivity contribution is -0.142. The van der Waals surface area contributed by atoms with Gasteiger partial charge in [-0.1, -0.05) is 6.92 Å². The Morgan fingerprint density at radius 2 is 2.40 bits per heavy atom. The van der Waals surface area contributed by atoms with Crippen LogP contribution in [0.25, 0.3) is 0 Å². The molecule has 0 aromatic carbocycles. The van der Waals surface area contributed by atoms with Crippen molar-refractivity contribution in [3.05, 3.63) is 21.9 Å². The van der Waals surface area contributed by atoms with Crippen molar-refractivity contribution in [1.29, 1.82) is 5.26 Å². The van der Waals surface area contributed by atoms with Crippen molar-refractivity contribution >= 4 is 23.2 Å². The van der Waals surface area contributed by atoms with Crippen molar-refractivity contribution in [3.8, 4) is 6.07 Å². The summed E-state index contributed by atoms with van der Waals surface area (Å²) in [5.41, 5.74) is 5.38. The van der Waals surface area contributed by atoms with Crippen LogP contribution in [0.15, 0.2) is 12.1 Å². The van der Waals surface area contributed by atoms with Gasteiger partial charge in [-0.05, 0) is 25.0 Å². The highest BCUT2D eigenvalue weighted by molar-refractivity contribution is 7.12. The summed E-state index contributed by atoms with van der Waals surface area (Å²) in [5, 5.41) is 8.88.